The molecule has 9 fully saturated rings. The van der Waals surface area contributed by atoms with Crippen molar-refractivity contribution in [1.82, 2.24) is 15.7 Å². The molecule has 2 bridgehead atoms. The number of hydrogen-bond acceptors (Lipinski definition) is 10. The number of amides is 2. The number of carbonyl (C=O) groups excluding carboxylic acids is 3. The van der Waals surface area contributed by atoms with E-state index in [1.54, 1.807) is 23.3 Å². The van der Waals surface area contributed by atoms with Gasteiger partial charge in [0.05, 0.1) is 24.9 Å². The number of benzene rings is 2. The van der Waals surface area contributed by atoms with E-state index in [4.69, 9.17) is 23.8 Å². The quantitative estimate of drug-likeness (QED) is 0.193. The standard InChI is InChI=1S/C48H59N3O9/c1-45(2)23-34-29(11-16-37-46(3,57-37)18-17-35(34)45)22-28-8-4-5-9-31(28)26-51-40-43(54)56-36-24-47(40,44(55)50-25-27-7-6-10-30(21-27)42(53)49-19-20-52)41(60-51)39-38(36)58-48(59-39,32-12-13-32)33-14-15-33/h4-10,21-22,32-41,52H,11-20,23-26H2,1-3H3,(H,49,53)(H,50,55)/t34-,35-,36-,37?,38+,39+,40+,41-,46-,47+/m1/s1. The molecule has 10 atom stereocenters. The van der Waals surface area contributed by atoms with Crippen LogP contribution in [0.5, 0.6) is 0 Å². The van der Waals surface area contributed by atoms with Gasteiger partial charge in [-0.15, -0.1) is 0 Å². The first-order chi connectivity index (χ1) is 28.9. The summed E-state index contributed by atoms with van der Waals surface area (Å²) in [7, 11) is 0. The van der Waals surface area contributed by atoms with Crippen LogP contribution in [0.25, 0.3) is 6.08 Å². The van der Waals surface area contributed by atoms with Gasteiger partial charge in [0.1, 0.15) is 29.8 Å². The van der Waals surface area contributed by atoms with E-state index < -0.39 is 47.6 Å². The Morgan fingerprint density at radius 3 is 2.47 bits per heavy atom. The Morgan fingerprint density at radius 2 is 1.70 bits per heavy atom. The lowest BCUT2D eigenvalue weighted by molar-refractivity contribution is -0.235. The Balaban J connectivity index is 0.914. The molecule has 5 aliphatic carbocycles. The van der Waals surface area contributed by atoms with Gasteiger partial charge in [-0.1, -0.05) is 61.9 Å². The van der Waals surface area contributed by atoms with Crippen LogP contribution >= 0.6 is 0 Å². The third-order valence-corrected chi connectivity index (χ3v) is 16.1. The number of rotatable bonds is 11. The number of ether oxygens (including phenoxy) is 4. The third kappa shape index (κ3) is 6.33. The lowest BCUT2D eigenvalue weighted by Gasteiger charge is -2.53. The minimum Gasteiger partial charge on any atom is -0.458 e. The molecular formula is C48H59N3O9. The highest BCUT2D eigenvalue weighted by atomic mass is 16.8. The smallest absolute Gasteiger partial charge is 0.327 e. The predicted octanol–water partition coefficient (Wildman–Crippen LogP) is 5.60. The van der Waals surface area contributed by atoms with Crippen molar-refractivity contribution >= 4 is 23.9 Å². The number of hydroxylamine groups is 2. The molecule has 9 aliphatic rings. The van der Waals surface area contributed by atoms with Gasteiger partial charge in [-0.25, -0.2) is 0 Å². The number of nitrogens with zero attached hydrogens (tertiary/aromatic N) is 1. The Morgan fingerprint density at radius 1 is 0.917 bits per heavy atom. The van der Waals surface area contributed by atoms with Crippen molar-refractivity contribution in [3.63, 3.8) is 0 Å². The van der Waals surface area contributed by atoms with Gasteiger partial charge in [0.15, 0.2) is 11.8 Å². The molecule has 12 nitrogen and oxygen atoms in total. The number of fused-ring (bicyclic) bond motifs is 6. The molecule has 4 aliphatic heterocycles. The van der Waals surface area contributed by atoms with Gasteiger partial charge in [-0.2, -0.15) is 5.06 Å². The monoisotopic (exact) mass is 821 g/mol. The highest BCUT2D eigenvalue weighted by molar-refractivity contribution is 5.95. The number of nitrogens with one attached hydrogen (secondary N) is 2. The van der Waals surface area contributed by atoms with Crippen LogP contribution in [-0.4, -0.2) is 89.1 Å². The van der Waals surface area contributed by atoms with Crippen LogP contribution in [0.15, 0.2) is 54.1 Å². The van der Waals surface area contributed by atoms with E-state index in [2.05, 4.69) is 55.7 Å². The summed E-state index contributed by atoms with van der Waals surface area (Å²) in [5.41, 5.74) is 3.73. The van der Waals surface area contributed by atoms with Gasteiger partial charge in [0, 0.05) is 36.9 Å². The topological polar surface area (TPSA) is 148 Å². The fourth-order valence-electron chi connectivity index (χ4n) is 12.5. The van der Waals surface area contributed by atoms with Crippen LogP contribution in [0.1, 0.15) is 112 Å². The van der Waals surface area contributed by atoms with E-state index in [0.717, 1.165) is 61.6 Å². The van der Waals surface area contributed by atoms with Crippen molar-refractivity contribution in [3.8, 4) is 0 Å². The maximum Gasteiger partial charge on any atom is 0.327 e. The molecule has 1 unspecified atom stereocenters. The summed E-state index contributed by atoms with van der Waals surface area (Å²) < 4.78 is 26.6. The largest absolute Gasteiger partial charge is 0.458 e. The maximum absolute atomic E-state index is 15.1. The normalized spacial score (nSPS) is 38.9. The van der Waals surface area contributed by atoms with Gasteiger partial charge in [0.2, 0.25) is 5.91 Å². The van der Waals surface area contributed by atoms with Gasteiger partial charge < -0.3 is 34.7 Å². The predicted molar refractivity (Wildman–Crippen MR) is 218 cm³/mol. The number of esters is 1. The molecule has 2 amide bonds. The zero-order valence-corrected chi connectivity index (χ0v) is 35.0. The molecule has 0 aromatic heterocycles. The van der Waals surface area contributed by atoms with Crippen LogP contribution < -0.4 is 10.6 Å². The Hall–Kier alpha value is -3.65. The Bertz CT molecular complexity index is 2100. The second-order valence-corrected chi connectivity index (χ2v) is 20.3. The summed E-state index contributed by atoms with van der Waals surface area (Å²) in [6, 6.07) is 14.4. The molecule has 5 saturated carbocycles. The number of aliphatic hydroxyl groups excluding tert-OH is 1. The second-order valence-electron chi connectivity index (χ2n) is 20.3. The van der Waals surface area contributed by atoms with Crippen molar-refractivity contribution < 1.29 is 43.3 Å². The third-order valence-electron chi connectivity index (χ3n) is 16.1. The van der Waals surface area contributed by atoms with Gasteiger partial charge in [0.25, 0.3) is 5.91 Å². The summed E-state index contributed by atoms with van der Waals surface area (Å²) in [5.74, 6) is -0.135. The van der Waals surface area contributed by atoms with Crippen molar-refractivity contribution in [2.45, 2.75) is 146 Å². The molecule has 60 heavy (non-hydrogen) atoms. The first kappa shape index (κ1) is 39.2. The molecule has 0 radical (unpaired) electrons. The molecule has 320 valence electrons. The number of hydrogen-bond donors (Lipinski definition) is 3. The van der Waals surface area contributed by atoms with E-state index in [-0.39, 0.29) is 61.9 Å². The molecular weight excluding hydrogens is 763 g/mol. The van der Waals surface area contributed by atoms with Crippen LogP contribution in [0, 0.1) is 34.5 Å². The fourth-order valence-corrected chi connectivity index (χ4v) is 12.5. The first-order valence-corrected chi connectivity index (χ1v) is 22.6. The first-order valence-electron chi connectivity index (χ1n) is 22.6. The van der Waals surface area contributed by atoms with E-state index in [1.807, 2.05) is 12.1 Å². The summed E-state index contributed by atoms with van der Waals surface area (Å²) in [6.07, 6.45) is 9.99. The van der Waals surface area contributed by atoms with Crippen LogP contribution in [-0.2, 0) is 46.5 Å². The number of epoxide rings is 1. The van der Waals surface area contributed by atoms with Crippen molar-refractivity contribution in [2.24, 2.45) is 34.5 Å². The number of carbonyl (C=O) groups is 3. The Kier molecular flexibility index (Phi) is 9.27. The molecule has 12 heteroatoms. The van der Waals surface area contributed by atoms with Crippen molar-refractivity contribution in [1.29, 1.82) is 0 Å². The molecule has 2 aromatic carbocycles. The van der Waals surface area contributed by atoms with Crippen LogP contribution in [0.3, 0.4) is 0 Å². The minimum atomic E-state index is -1.31. The SMILES string of the molecule is CC1(C)C[C@@H]2C(=Cc3ccccc3CN3O[C@@H]4[C@H]5OC(C6CC6)(C6CC6)O[C@H]5[C@H]5C[C@]4(C(=O)NCc4cccc(C(=O)NCCO)c4)[C@@H]3C(=O)O5)CCC3O[C@]3(C)CC[C@H]21. The summed E-state index contributed by atoms with van der Waals surface area (Å²) in [4.78, 5) is 49.3. The lowest BCUT2D eigenvalue weighted by Crippen LogP contribution is -2.69. The maximum atomic E-state index is 15.1. The van der Waals surface area contributed by atoms with E-state index in [9.17, 15) is 14.7 Å². The zero-order chi connectivity index (χ0) is 41.2. The van der Waals surface area contributed by atoms with Crippen molar-refractivity contribution in [3.05, 3.63) is 76.4 Å². The molecule has 4 saturated heterocycles. The van der Waals surface area contributed by atoms with Crippen LogP contribution in [0.2, 0.25) is 0 Å². The molecule has 4 heterocycles. The van der Waals surface area contributed by atoms with Crippen molar-refractivity contribution in [2.75, 3.05) is 13.2 Å². The molecule has 2 aromatic rings. The second kappa shape index (κ2) is 14.2. The average molecular weight is 822 g/mol. The molecule has 0 spiro atoms. The van der Waals surface area contributed by atoms with Gasteiger partial charge in [-0.05, 0) is 111 Å². The van der Waals surface area contributed by atoms with E-state index >= 15 is 4.79 Å². The highest BCUT2D eigenvalue weighted by Gasteiger charge is 2.78. The lowest BCUT2D eigenvalue weighted by atomic mass is 9.52. The van der Waals surface area contributed by atoms with Gasteiger partial charge in [-0.3, -0.25) is 19.2 Å². The number of allylic oxidation sites excluding steroid dienone is 1. The van der Waals surface area contributed by atoms with Gasteiger partial charge >= 0.3 is 5.97 Å². The zero-order valence-electron chi connectivity index (χ0n) is 35.0. The molecule has 3 N–H and O–H groups in total. The fraction of sp³-hybridized carbons (Fsp3) is 0.646. The Labute approximate surface area is 352 Å². The molecule has 11 rings (SSSR count). The minimum absolute atomic E-state index is 0.00849. The average Bonchev–Trinajstić information content (AvgIpc) is 4.18. The summed E-state index contributed by atoms with van der Waals surface area (Å²) in [5, 5.41) is 16.8. The summed E-state index contributed by atoms with van der Waals surface area (Å²) >= 11 is 0. The number of aliphatic hydroxyl groups is 1. The van der Waals surface area contributed by atoms with E-state index in [0.29, 0.717) is 28.9 Å². The van der Waals surface area contributed by atoms with Crippen LogP contribution in [0.4, 0.5) is 0 Å². The summed E-state index contributed by atoms with van der Waals surface area (Å²) in [6.45, 7) is 7.51. The highest BCUT2D eigenvalue weighted by Crippen LogP contribution is 2.64. The van der Waals surface area contributed by atoms with E-state index in [1.165, 1.54) is 18.4 Å².